The van der Waals surface area contributed by atoms with Gasteiger partial charge in [-0.15, -0.1) is 0 Å². The zero-order chi connectivity index (χ0) is 40.1. The van der Waals surface area contributed by atoms with E-state index in [2.05, 4.69) is 210 Å². The third-order valence-corrected chi connectivity index (χ3v) is 14.6. The Labute approximate surface area is 350 Å². The van der Waals surface area contributed by atoms with Crippen LogP contribution in [0.2, 0.25) is 0 Å². The van der Waals surface area contributed by atoms with E-state index in [1.807, 2.05) is 0 Å². The van der Waals surface area contributed by atoms with Crippen LogP contribution in [-0.2, 0) is 10.8 Å². The minimum Gasteiger partial charge on any atom is -0.0619 e. The lowest BCUT2D eigenvalue weighted by Crippen LogP contribution is -2.14. The summed E-state index contributed by atoms with van der Waals surface area (Å²) in [6.45, 7) is 9.53. The first-order valence-electron chi connectivity index (χ1n) is 21.4. The smallest absolute Gasteiger partial charge is 0.0159 e. The Morgan fingerprint density at radius 3 is 1.37 bits per heavy atom. The summed E-state index contributed by atoms with van der Waals surface area (Å²) >= 11 is 0. The van der Waals surface area contributed by atoms with Gasteiger partial charge in [-0.3, -0.25) is 0 Å². The number of fused-ring (bicyclic) bond motifs is 9. The maximum absolute atomic E-state index is 2.49. The van der Waals surface area contributed by atoms with Gasteiger partial charge in [0.2, 0.25) is 0 Å². The first-order valence-corrected chi connectivity index (χ1v) is 21.4. The Kier molecular flexibility index (Phi) is 6.67. The van der Waals surface area contributed by atoms with E-state index in [0.29, 0.717) is 0 Å². The van der Waals surface area contributed by atoms with Crippen molar-refractivity contribution in [2.24, 2.45) is 0 Å². The fraction of sp³-hybridized carbons (Fsp3) is 0.100. The van der Waals surface area contributed by atoms with Crippen LogP contribution in [0.3, 0.4) is 0 Å². The molecule has 2 aliphatic rings. The van der Waals surface area contributed by atoms with Crippen LogP contribution in [0.15, 0.2) is 182 Å². The summed E-state index contributed by atoms with van der Waals surface area (Å²) < 4.78 is 0. The molecule has 0 heterocycles. The van der Waals surface area contributed by atoms with Crippen molar-refractivity contribution in [2.75, 3.05) is 0 Å². The van der Waals surface area contributed by atoms with Crippen LogP contribution in [0.1, 0.15) is 49.9 Å². The van der Waals surface area contributed by atoms with Gasteiger partial charge in [-0.05, 0) is 156 Å². The van der Waals surface area contributed by atoms with Crippen molar-refractivity contribution in [3.63, 3.8) is 0 Å². The molecule has 0 saturated heterocycles. The van der Waals surface area contributed by atoms with Crippen molar-refractivity contribution in [3.8, 4) is 55.6 Å². The van der Waals surface area contributed by atoms with Gasteiger partial charge in [0, 0.05) is 10.8 Å². The lowest BCUT2D eigenvalue weighted by Gasteiger charge is -2.23. The summed E-state index contributed by atoms with van der Waals surface area (Å²) in [5.41, 5.74) is 18.5. The third-order valence-electron chi connectivity index (χ3n) is 14.6. The molecule has 0 atom stereocenters. The van der Waals surface area contributed by atoms with Crippen molar-refractivity contribution in [1.82, 2.24) is 0 Å². The van der Waals surface area contributed by atoms with Crippen LogP contribution in [0.5, 0.6) is 0 Å². The van der Waals surface area contributed by atoms with Gasteiger partial charge in [0.15, 0.2) is 0 Å². The maximum atomic E-state index is 2.49. The number of hydrogen-bond donors (Lipinski definition) is 0. The van der Waals surface area contributed by atoms with E-state index in [0.717, 1.165) is 0 Å². The first kappa shape index (κ1) is 33.9. The summed E-state index contributed by atoms with van der Waals surface area (Å²) in [6.07, 6.45) is 0. The minimum atomic E-state index is -0.0869. The molecule has 0 radical (unpaired) electrons. The van der Waals surface area contributed by atoms with Gasteiger partial charge < -0.3 is 0 Å². The number of hydrogen-bond acceptors (Lipinski definition) is 0. The van der Waals surface area contributed by atoms with E-state index in [9.17, 15) is 0 Å². The lowest BCUT2D eigenvalue weighted by atomic mass is 9.80. The van der Waals surface area contributed by atoms with E-state index in [4.69, 9.17) is 0 Å². The zero-order valence-electron chi connectivity index (χ0n) is 34.3. The SMILES string of the molecule is CC1(C)c2ccccc2-c2ccc(-c3ccc4ccc5c(-c6ccc7c(c6)C(C)(C)c6ccccc6-7)cc(-c6ccc7c(ccc8ccccc87)c6)c6ccc3c4c56)cc21. The van der Waals surface area contributed by atoms with Crippen LogP contribution in [0, 0.1) is 0 Å². The van der Waals surface area contributed by atoms with Gasteiger partial charge >= 0.3 is 0 Å². The second-order valence-electron chi connectivity index (χ2n) is 18.4. The average molecular weight is 763 g/mol. The molecule has 0 nitrogen and oxygen atoms in total. The monoisotopic (exact) mass is 762 g/mol. The quantitative estimate of drug-likeness (QED) is 0.157. The van der Waals surface area contributed by atoms with Crippen molar-refractivity contribution in [2.45, 2.75) is 38.5 Å². The predicted octanol–water partition coefficient (Wildman–Crippen LogP) is 16.5. The fourth-order valence-corrected chi connectivity index (χ4v) is 11.6. The molecule has 2 aliphatic carbocycles. The van der Waals surface area contributed by atoms with Crippen LogP contribution >= 0.6 is 0 Å². The Balaban J connectivity index is 1.08. The molecule has 0 unspecified atom stereocenters. The fourth-order valence-electron chi connectivity index (χ4n) is 11.6. The van der Waals surface area contributed by atoms with Crippen LogP contribution in [0.25, 0.3) is 109 Å². The number of rotatable bonds is 3. The Bertz CT molecular complexity index is 3650. The summed E-state index contributed by atoms with van der Waals surface area (Å²) in [5, 5.41) is 13.0. The lowest BCUT2D eigenvalue weighted by molar-refractivity contribution is 0.660. The van der Waals surface area contributed by atoms with Crippen molar-refractivity contribution in [3.05, 3.63) is 204 Å². The maximum Gasteiger partial charge on any atom is 0.0159 e. The van der Waals surface area contributed by atoms with Crippen LogP contribution < -0.4 is 0 Å². The topological polar surface area (TPSA) is 0 Å². The highest BCUT2D eigenvalue weighted by atomic mass is 14.4. The molecule has 0 bridgehead atoms. The van der Waals surface area contributed by atoms with E-state index in [1.165, 1.54) is 132 Å². The molecular formula is C60H42. The highest BCUT2D eigenvalue weighted by Gasteiger charge is 2.37. The zero-order valence-corrected chi connectivity index (χ0v) is 34.3. The highest BCUT2D eigenvalue weighted by molar-refractivity contribution is 6.30. The van der Waals surface area contributed by atoms with Gasteiger partial charge in [-0.25, -0.2) is 0 Å². The molecule has 13 rings (SSSR count). The van der Waals surface area contributed by atoms with Gasteiger partial charge in [0.1, 0.15) is 0 Å². The molecule has 60 heavy (non-hydrogen) atoms. The molecule has 0 fully saturated rings. The second kappa shape index (κ2) is 11.8. The van der Waals surface area contributed by atoms with E-state index < -0.39 is 0 Å². The minimum absolute atomic E-state index is 0.0620. The molecule has 0 heteroatoms. The summed E-state index contributed by atoms with van der Waals surface area (Å²) in [5.74, 6) is 0. The van der Waals surface area contributed by atoms with Gasteiger partial charge in [-0.1, -0.05) is 185 Å². The largest absolute Gasteiger partial charge is 0.0619 e. The Morgan fingerprint density at radius 2 is 0.683 bits per heavy atom. The van der Waals surface area contributed by atoms with E-state index in [-0.39, 0.29) is 10.8 Å². The third kappa shape index (κ3) is 4.46. The molecule has 0 saturated carbocycles. The Morgan fingerprint density at radius 1 is 0.250 bits per heavy atom. The van der Waals surface area contributed by atoms with Crippen molar-refractivity contribution in [1.29, 1.82) is 0 Å². The molecule has 0 aromatic heterocycles. The van der Waals surface area contributed by atoms with Crippen molar-refractivity contribution < 1.29 is 0 Å². The molecule has 0 aliphatic heterocycles. The van der Waals surface area contributed by atoms with Crippen molar-refractivity contribution >= 4 is 53.9 Å². The molecular weight excluding hydrogens is 721 g/mol. The first-order chi connectivity index (χ1) is 29.3. The molecule has 0 N–H and O–H groups in total. The highest BCUT2D eigenvalue weighted by Crippen LogP contribution is 2.53. The predicted molar refractivity (Wildman–Crippen MR) is 257 cm³/mol. The van der Waals surface area contributed by atoms with E-state index >= 15 is 0 Å². The Hall–Kier alpha value is -7.02. The second-order valence-corrected chi connectivity index (χ2v) is 18.4. The van der Waals surface area contributed by atoms with Crippen LogP contribution in [-0.4, -0.2) is 0 Å². The van der Waals surface area contributed by atoms with Gasteiger partial charge in [0.25, 0.3) is 0 Å². The summed E-state index contributed by atoms with van der Waals surface area (Å²) in [6, 6.07) is 69.5. The normalized spacial score (nSPS) is 14.6. The summed E-state index contributed by atoms with van der Waals surface area (Å²) in [7, 11) is 0. The molecule has 0 spiro atoms. The van der Waals surface area contributed by atoms with Crippen LogP contribution in [0.4, 0.5) is 0 Å². The standard InChI is InChI=1S/C60H42/c1-59(2)53-15-9-7-13-44(53)46-26-22-39(32-55(46)59)43-24-19-36-20-28-49-52(40-23-27-47-45-14-8-10-16-54(45)60(3,4)56(47)33-40)34-51(50-30-29-48(43)57(36)58(49)50)38-21-25-42-37(31-38)18-17-35-11-5-6-12-41(35)42/h5-34H,1-4H3. The van der Waals surface area contributed by atoms with E-state index in [1.54, 1.807) is 0 Å². The molecule has 11 aromatic carbocycles. The molecule has 0 amide bonds. The average Bonchev–Trinajstić information content (AvgIpc) is 3.66. The molecule has 11 aromatic rings. The molecule has 282 valence electrons. The van der Waals surface area contributed by atoms with Gasteiger partial charge in [0.05, 0.1) is 0 Å². The summed E-state index contributed by atoms with van der Waals surface area (Å²) in [4.78, 5) is 0. The number of benzene rings is 11. The van der Waals surface area contributed by atoms with Gasteiger partial charge in [-0.2, -0.15) is 0 Å².